The van der Waals surface area contributed by atoms with Crippen molar-refractivity contribution in [3.8, 4) is 0 Å². The van der Waals surface area contributed by atoms with Crippen molar-refractivity contribution in [2.24, 2.45) is 11.7 Å². The lowest BCUT2D eigenvalue weighted by Crippen LogP contribution is -2.52. The molecule has 0 amide bonds. The van der Waals surface area contributed by atoms with Gasteiger partial charge in [-0.1, -0.05) is 0 Å². The van der Waals surface area contributed by atoms with E-state index in [4.69, 9.17) is 15.6 Å². The van der Waals surface area contributed by atoms with Crippen molar-refractivity contribution in [2.45, 2.75) is 37.3 Å². The van der Waals surface area contributed by atoms with E-state index in [0.717, 1.165) is 38.0 Å². The van der Waals surface area contributed by atoms with Crippen LogP contribution in [-0.2, 0) is 9.53 Å². The van der Waals surface area contributed by atoms with Crippen molar-refractivity contribution in [1.82, 2.24) is 0 Å². The first kappa shape index (κ1) is 12.2. The van der Waals surface area contributed by atoms with Crippen LogP contribution in [0.15, 0.2) is 0 Å². The monoisotopic (exact) mass is 245 g/mol. The maximum atomic E-state index is 11.2. The number of aliphatic carboxylic acids is 1. The topological polar surface area (TPSA) is 72.5 Å². The summed E-state index contributed by atoms with van der Waals surface area (Å²) in [6, 6.07) is 0. The Morgan fingerprint density at radius 3 is 2.75 bits per heavy atom. The van der Waals surface area contributed by atoms with Gasteiger partial charge in [-0.05, 0) is 31.6 Å². The van der Waals surface area contributed by atoms with Crippen molar-refractivity contribution in [2.75, 3.05) is 18.1 Å². The molecular weight excluding hydrogens is 226 g/mol. The maximum absolute atomic E-state index is 11.2. The normalized spacial score (nSPS) is 28.9. The van der Waals surface area contributed by atoms with E-state index in [-0.39, 0.29) is 5.92 Å². The molecule has 0 spiro atoms. The van der Waals surface area contributed by atoms with Crippen molar-refractivity contribution in [3.05, 3.63) is 0 Å². The number of ether oxygens (including phenoxy) is 1. The molecule has 5 heteroatoms. The number of carboxylic acids is 1. The molecule has 0 aromatic heterocycles. The van der Waals surface area contributed by atoms with E-state index in [0.29, 0.717) is 11.9 Å². The van der Waals surface area contributed by atoms with E-state index < -0.39 is 11.5 Å². The summed E-state index contributed by atoms with van der Waals surface area (Å²) in [7, 11) is 0. The smallest absolute Gasteiger partial charge is 0.324 e. The molecule has 2 aliphatic rings. The SMILES string of the molecule is NC(CSCC1CCCO1)(C(=O)O)C1CC1. The summed E-state index contributed by atoms with van der Waals surface area (Å²) >= 11 is 1.62. The minimum atomic E-state index is -1.01. The van der Waals surface area contributed by atoms with Crippen LogP contribution in [0.5, 0.6) is 0 Å². The van der Waals surface area contributed by atoms with Crippen molar-refractivity contribution in [1.29, 1.82) is 0 Å². The zero-order valence-electron chi connectivity index (χ0n) is 9.35. The van der Waals surface area contributed by atoms with Crippen molar-refractivity contribution in [3.63, 3.8) is 0 Å². The van der Waals surface area contributed by atoms with Gasteiger partial charge in [0.1, 0.15) is 5.54 Å². The van der Waals surface area contributed by atoms with E-state index in [9.17, 15) is 4.79 Å². The number of carboxylic acid groups (broad SMARTS) is 1. The predicted molar refractivity (Wildman–Crippen MR) is 63.6 cm³/mol. The van der Waals surface area contributed by atoms with Gasteiger partial charge in [-0.25, -0.2) is 0 Å². The lowest BCUT2D eigenvalue weighted by atomic mass is 9.98. The molecule has 0 aromatic carbocycles. The van der Waals surface area contributed by atoms with Gasteiger partial charge in [0, 0.05) is 18.1 Å². The number of hydrogen-bond donors (Lipinski definition) is 2. The van der Waals surface area contributed by atoms with Crippen LogP contribution < -0.4 is 5.73 Å². The van der Waals surface area contributed by atoms with E-state index in [1.54, 1.807) is 11.8 Å². The number of carbonyl (C=O) groups is 1. The molecule has 2 unspecified atom stereocenters. The van der Waals surface area contributed by atoms with Crippen LogP contribution in [0, 0.1) is 5.92 Å². The molecule has 1 aliphatic heterocycles. The first-order chi connectivity index (χ1) is 7.63. The van der Waals surface area contributed by atoms with Gasteiger partial charge in [0.25, 0.3) is 0 Å². The Morgan fingerprint density at radius 1 is 1.50 bits per heavy atom. The zero-order valence-corrected chi connectivity index (χ0v) is 10.2. The fourth-order valence-electron chi connectivity index (χ4n) is 2.09. The highest BCUT2D eigenvalue weighted by Gasteiger charge is 2.48. The fourth-order valence-corrected chi connectivity index (χ4v) is 3.43. The summed E-state index contributed by atoms with van der Waals surface area (Å²) in [5, 5.41) is 9.17. The minimum absolute atomic E-state index is 0.182. The molecule has 2 atom stereocenters. The second-order valence-electron chi connectivity index (χ2n) is 4.77. The van der Waals surface area contributed by atoms with Crippen molar-refractivity contribution >= 4 is 17.7 Å². The highest BCUT2D eigenvalue weighted by molar-refractivity contribution is 7.99. The molecule has 2 rings (SSSR count). The number of rotatable bonds is 6. The van der Waals surface area contributed by atoms with Crippen LogP contribution in [0.2, 0.25) is 0 Å². The standard InChI is InChI=1S/C11H19NO3S/c12-11(10(13)14,8-3-4-8)7-16-6-9-2-1-5-15-9/h8-9H,1-7,12H2,(H,13,14). The van der Waals surface area contributed by atoms with Gasteiger partial charge >= 0.3 is 5.97 Å². The molecule has 4 nitrogen and oxygen atoms in total. The first-order valence-electron chi connectivity index (χ1n) is 5.84. The molecule has 0 radical (unpaired) electrons. The Balaban J connectivity index is 1.75. The van der Waals surface area contributed by atoms with Crippen molar-refractivity contribution < 1.29 is 14.6 Å². The van der Waals surface area contributed by atoms with Gasteiger partial charge in [0.05, 0.1) is 6.10 Å². The Hall–Kier alpha value is -0.260. The van der Waals surface area contributed by atoms with E-state index in [1.165, 1.54) is 0 Å². The first-order valence-corrected chi connectivity index (χ1v) is 7.00. The second kappa shape index (κ2) is 4.94. The summed E-state index contributed by atoms with van der Waals surface area (Å²) in [6.07, 6.45) is 4.45. The van der Waals surface area contributed by atoms with Gasteiger partial charge in [-0.3, -0.25) is 4.79 Å². The number of thioether (sulfide) groups is 1. The maximum Gasteiger partial charge on any atom is 0.324 e. The van der Waals surface area contributed by atoms with Gasteiger partial charge in [0.15, 0.2) is 0 Å². The molecule has 2 fully saturated rings. The number of hydrogen-bond acceptors (Lipinski definition) is 4. The largest absolute Gasteiger partial charge is 0.480 e. The highest BCUT2D eigenvalue weighted by atomic mass is 32.2. The molecule has 0 aromatic rings. The summed E-state index contributed by atoms with van der Waals surface area (Å²) in [4.78, 5) is 11.2. The van der Waals surface area contributed by atoms with Crippen LogP contribution >= 0.6 is 11.8 Å². The lowest BCUT2D eigenvalue weighted by Gasteiger charge is -2.24. The van der Waals surface area contributed by atoms with Crippen LogP contribution in [0.25, 0.3) is 0 Å². The van der Waals surface area contributed by atoms with E-state index in [1.807, 2.05) is 0 Å². The van der Waals surface area contributed by atoms with Crippen LogP contribution in [0.3, 0.4) is 0 Å². The quantitative estimate of drug-likeness (QED) is 0.733. The fraction of sp³-hybridized carbons (Fsp3) is 0.909. The van der Waals surface area contributed by atoms with Crippen LogP contribution in [-0.4, -0.2) is 40.8 Å². The molecule has 16 heavy (non-hydrogen) atoms. The Labute approximate surface area is 99.9 Å². The molecule has 92 valence electrons. The molecule has 1 heterocycles. The summed E-state index contributed by atoms with van der Waals surface area (Å²) in [5.74, 6) is 0.711. The number of nitrogens with two attached hydrogens (primary N) is 1. The predicted octanol–water partition coefficient (Wildman–Crippen LogP) is 1.09. The average Bonchev–Trinajstić information content (AvgIpc) is 2.98. The molecule has 0 bridgehead atoms. The van der Waals surface area contributed by atoms with Gasteiger partial charge in [0.2, 0.25) is 0 Å². The third-order valence-corrected chi connectivity index (χ3v) is 4.66. The lowest BCUT2D eigenvalue weighted by molar-refractivity contribution is -0.143. The molecule has 1 saturated carbocycles. The van der Waals surface area contributed by atoms with Gasteiger partial charge in [-0.2, -0.15) is 11.8 Å². The highest BCUT2D eigenvalue weighted by Crippen LogP contribution is 2.40. The van der Waals surface area contributed by atoms with E-state index >= 15 is 0 Å². The second-order valence-corrected chi connectivity index (χ2v) is 5.80. The molecule has 1 saturated heterocycles. The van der Waals surface area contributed by atoms with Gasteiger partial charge < -0.3 is 15.6 Å². The average molecular weight is 245 g/mol. The summed E-state index contributed by atoms with van der Waals surface area (Å²) < 4.78 is 5.50. The summed E-state index contributed by atoms with van der Waals surface area (Å²) in [5.41, 5.74) is 4.96. The summed E-state index contributed by atoms with van der Waals surface area (Å²) in [6.45, 7) is 0.848. The van der Waals surface area contributed by atoms with Crippen LogP contribution in [0.4, 0.5) is 0 Å². The van der Waals surface area contributed by atoms with Gasteiger partial charge in [-0.15, -0.1) is 0 Å². The Morgan fingerprint density at radius 2 is 2.25 bits per heavy atom. The molecular formula is C11H19NO3S. The Kier molecular flexibility index (Phi) is 3.77. The van der Waals surface area contributed by atoms with Crippen LogP contribution in [0.1, 0.15) is 25.7 Å². The zero-order chi connectivity index (χ0) is 11.6. The molecule has 3 N–H and O–H groups in total. The third kappa shape index (κ3) is 2.70. The third-order valence-electron chi connectivity index (χ3n) is 3.37. The van der Waals surface area contributed by atoms with E-state index in [2.05, 4.69) is 0 Å². The Bertz CT molecular complexity index is 264. The minimum Gasteiger partial charge on any atom is -0.480 e. The molecule has 1 aliphatic carbocycles.